The second-order valence-electron chi connectivity index (χ2n) is 6.15. The first-order valence-electron chi connectivity index (χ1n) is 8.24. The molecule has 2 nitrogen and oxygen atoms in total. The Morgan fingerprint density at radius 2 is 1.77 bits per heavy atom. The van der Waals surface area contributed by atoms with E-state index in [0.29, 0.717) is 5.92 Å². The van der Waals surface area contributed by atoms with E-state index < -0.39 is 0 Å². The van der Waals surface area contributed by atoms with Crippen molar-refractivity contribution in [3.05, 3.63) is 66.4 Å². The lowest BCUT2D eigenvalue weighted by Gasteiger charge is -2.18. The van der Waals surface area contributed by atoms with Crippen LogP contribution in [0.4, 0.5) is 5.69 Å². The number of nitrogens with zero attached hydrogens (tertiary/aromatic N) is 2. The molecule has 0 spiro atoms. The molecule has 1 atom stereocenters. The highest BCUT2D eigenvalue weighted by Crippen LogP contribution is 2.35. The highest BCUT2D eigenvalue weighted by atomic mass is 15.1. The lowest BCUT2D eigenvalue weighted by atomic mass is 9.98. The zero-order valence-electron chi connectivity index (χ0n) is 13.1. The molecule has 0 radical (unpaired) electrons. The Bertz CT molecular complexity index is 773. The van der Waals surface area contributed by atoms with Gasteiger partial charge in [0.25, 0.3) is 0 Å². The van der Waals surface area contributed by atoms with Crippen LogP contribution in [0.25, 0.3) is 10.9 Å². The second kappa shape index (κ2) is 5.53. The molecular weight excluding hydrogens is 268 g/mol. The maximum absolute atomic E-state index is 2.52. The largest absolute Gasteiger partial charge is 0.371 e. The first kappa shape index (κ1) is 13.4. The quantitative estimate of drug-likeness (QED) is 0.681. The molecule has 1 saturated heterocycles. The van der Waals surface area contributed by atoms with Gasteiger partial charge in [0, 0.05) is 48.3 Å². The highest BCUT2D eigenvalue weighted by Gasteiger charge is 2.26. The maximum atomic E-state index is 2.52. The number of fused-ring (bicyclic) bond motifs is 1. The van der Waals surface area contributed by atoms with Crippen molar-refractivity contribution in [3.8, 4) is 0 Å². The van der Waals surface area contributed by atoms with Gasteiger partial charge in [0.2, 0.25) is 0 Å². The molecule has 2 aromatic carbocycles. The minimum absolute atomic E-state index is 0.637. The van der Waals surface area contributed by atoms with Crippen molar-refractivity contribution >= 4 is 16.6 Å². The summed E-state index contributed by atoms with van der Waals surface area (Å²) in [6.07, 6.45) is 3.62. The molecule has 3 aromatic rings. The molecule has 1 aliphatic rings. The Kier molecular flexibility index (Phi) is 3.38. The maximum Gasteiger partial charge on any atom is 0.0483 e. The molecule has 2 heteroatoms. The fourth-order valence-electron chi connectivity index (χ4n) is 3.75. The number of rotatable bonds is 3. The number of hydrogen-bond acceptors (Lipinski definition) is 1. The molecule has 22 heavy (non-hydrogen) atoms. The van der Waals surface area contributed by atoms with E-state index in [1.54, 1.807) is 0 Å². The standard InChI is InChI=1S/C20H22N2/c1-2-21-15-19(18-10-6-7-11-20(18)21)16-12-13-22(14-16)17-8-4-3-5-9-17/h3-11,15-16H,2,12-14H2,1H3. The van der Waals surface area contributed by atoms with Crippen LogP contribution in [-0.2, 0) is 6.54 Å². The first-order valence-corrected chi connectivity index (χ1v) is 8.24. The third-order valence-electron chi connectivity index (χ3n) is 4.91. The fourth-order valence-corrected chi connectivity index (χ4v) is 3.75. The van der Waals surface area contributed by atoms with Crippen molar-refractivity contribution in [2.75, 3.05) is 18.0 Å². The Hall–Kier alpha value is -2.22. The van der Waals surface area contributed by atoms with Gasteiger partial charge in [-0.15, -0.1) is 0 Å². The molecule has 1 unspecified atom stereocenters. The Balaban J connectivity index is 1.66. The lowest BCUT2D eigenvalue weighted by molar-refractivity contribution is 0.752. The van der Waals surface area contributed by atoms with E-state index in [1.807, 2.05) is 0 Å². The van der Waals surface area contributed by atoms with Crippen LogP contribution in [0.1, 0.15) is 24.8 Å². The van der Waals surface area contributed by atoms with Crippen molar-refractivity contribution in [3.63, 3.8) is 0 Å². The summed E-state index contributed by atoms with van der Waals surface area (Å²) in [7, 11) is 0. The molecule has 0 bridgehead atoms. The van der Waals surface area contributed by atoms with Crippen LogP contribution < -0.4 is 4.90 Å². The molecule has 0 aliphatic carbocycles. The summed E-state index contributed by atoms with van der Waals surface area (Å²) in [6.45, 7) is 5.54. The van der Waals surface area contributed by atoms with E-state index in [2.05, 4.69) is 77.2 Å². The number of para-hydroxylation sites is 2. The van der Waals surface area contributed by atoms with Gasteiger partial charge < -0.3 is 9.47 Å². The number of hydrogen-bond donors (Lipinski definition) is 0. The number of aromatic nitrogens is 1. The third-order valence-corrected chi connectivity index (χ3v) is 4.91. The van der Waals surface area contributed by atoms with Gasteiger partial charge in [-0.25, -0.2) is 0 Å². The minimum atomic E-state index is 0.637. The monoisotopic (exact) mass is 290 g/mol. The fraction of sp³-hybridized carbons (Fsp3) is 0.300. The topological polar surface area (TPSA) is 8.17 Å². The van der Waals surface area contributed by atoms with Crippen molar-refractivity contribution in [2.24, 2.45) is 0 Å². The molecule has 1 aliphatic heterocycles. The smallest absolute Gasteiger partial charge is 0.0483 e. The second-order valence-corrected chi connectivity index (χ2v) is 6.15. The Morgan fingerprint density at radius 1 is 1.00 bits per heavy atom. The van der Waals surface area contributed by atoms with Crippen LogP contribution in [-0.4, -0.2) is 17.7 Å². The van der Waals surface area contributed by atoms with Gasteiger partial charge in [0.15, 0.2) is 0 Å². The van der Waals surface area contributed by atoms with Gasteiger partial charge in [0.05, 0.1) is 0 Å². The summed E-state index contributed by atoms with van der Waals surface area (Å²) < 4.78 is 2.38. The van der Waals surface area contributed by atoms with Crippen molar-refractivity contribution in [2.45, 2.75) is 25.8 Å². The predicted molar refractivity (Wildman–Crippen MR) is 93.6 cm³/mol. The van der Waals surface area contributed by atoms with Gasteiger partial charge in [0.1, 0.15) is 0 Å². The average Bonchev–Trinajstić information content (AvgIpc) is 3.20. The molecule has 0 amide bonds. The van der Waals surface area contributed by atoms with Gasteiger partial charge in [-0.2, -0.15) is 0 Å². The number of aryl methyl sites for hydroxylation is 1. The summed E-state index contributed by atoms with van der Waals surface area (Å²) >= 11 is 0. The molecule has 2 heterocycles. The molecule has 1 fully saturated rings. The van der Waals surface area contributed by atoms with Crippen LogP contribution in [0.5, 0.6) is 0 Å². The normalized spacial score (nSPS) is 18.2. The van der Waals surface area contributed by atoms with E-state index in [4.69, 9.17) is 0 Å². The lowest BCUT2D eigenvalue weighted by Crippen LogP contribution is -2.18. The molecule has 0 saturated carbocycles. The molecule has 4 rings (SSSR count). The minimum Gasteiger partial charge on any atom is -0.371 e. The summed E-state index contributed by atoms with van der Waals surface area (Å²) in [5, 5.41) is 1.43. The Morgan fingerprint density at radius 3 is 2.59 bits per heavy atom. The van der Waals surface area contributed by atoms with E-state index in [9.17, 15) is 0 Å². The van der Waals surface area contributed by atoms with Crippen LogP contribution in [0.3, 0.4) is 0 Å². The SMILES string of the molecule is CCn1cc(C2CCN(c3ccccc3)C2)c2ccccc21. The average molecular weight is 290 g/mol. The third kappa shape index (κ3) is 2.19. The van der Waals surface area contributed by atoms with Crippen LogP contribution in [0, 0.1) is 0 Å². The van der Waals surface area contributed by atoms with E-state index >= 15 is 0 Å². The van der Waals surface area contributed by atoms with E-state index in [0.717, 1.165) is 19.6 Å². The van der Waals surface area contributed by atoms with Gasteiger partial charge in [-0.3, -0.25) is 0 Å². The van der Waals surface area contributed by atoms with Crippen LogP contribution >= 0.6 is 0 Å². The van der Waals surface area contributed by atoms with Crippen molar-refractivity contribution in [1.29, 1.82) is 0 Å². The number of anilines is 1. The van der Waals surface area contributed by atoms with Crippen molar-refractivity contribution < 1.29 is 0 Å². The zero-order chi connectivity index (χ0) is 14.9. The van der Waals surface area contributed by atoms with Crippen LogP contribution in [0.15, 0.2) is 60.8 Å². The zero-order valence-corrected chi connectivity index (χ0v) is 13.1. The molecular formula is C20H22N2. The number of benzene rings is 2. The Labute approximate surface area is 132 Å². The van der Waals surface area contributed by atoms with E-state index in [1.165, 1.54) is 28.6 Å². The van der Waals surface area contributed by atoms with E-state index in [-0.39, 0.29) is 0 Å². The molecule has 0 N–H and O–H groups in total. The summed E-state index contributed by atoms with van der Waals surface area (Å²) in [6, 6.07) is 19.6. The predicted octanol–water partition coefficient (Wildman–Crippen LogP) is 4.66. The summed E-state index contributed by atoms with van der Waals surface area (Å²) in [5.41, 5.74) is 4.25. The molecule has 1 aromatic heterocycles. The molecule has 112 valence electrons. The summed E-state index contributed by atoms with van der Waals surface area (Å²) in [4.78, 5) is 2.52. The summed E-state index contributed by atoms with van der Waals surface area (Å²) in [5.74, 6) is 0.637. The van der Waals surface area contributed by atoms with Gasteiger partial charge >= 0.3 is 0 Å². The highest BCUT2D eigenvalue weighted by molar-refractivity contribution is 5.84. The van der Waals surface area contributed by atoms with Gasteiger partial charge in [-0.05, 0) is 37.1 Å². The first-order chi connectivity index (χ1) is 10.9. The van der Waals surface area contributed by atoms with Crippen molar-refractivity contribution in [1.82, 2.24) is 4.57 Å². The van der Waals surface area contributed by atoms with Gasteiger partial charge in [-0.1, -0.05) is 36.4 Å². The van der Waals surface area contributed by atoms with Crippen LogP contribution in [0.2, 0.25) is 0 Å².